The van der Waals surface area contributed by atoms with Crippen molar-refractivity contribution in [2.75, 3.05) is 0 Å². The van der Waals surface area contributed by atoms with E-state index in [0.29, 0.717) is 5.56 Å². The lowest BCUT2D eigenvalue weighted by atomic mass is 10.1. The molecule has 0 bridgehead atoms. The normalized spacial score (nSPS) is 11.2. The van der Waals surface area contributed by atoms with Crippen molar-refractivity contribution >= 4 is 5.97 Å². The summed E-state index contributed by atoms with van der Waals surface area (Å²) in [4.78, 5) is 11.7. The maximum Gasteiger partial charge on any atom is 0.346 e. The van der Waals surface area contributed by atoms with Crippen LogP contribution in [0.15, 0.2) is 12.1 Å². The fraction of sp³-hybridized carbons (Fsp3) is 0.417. The molecular weight excluding hydrogens is 208 g/mol. The Labute approximate surface area is 94.5 Å². The second-order valence-electron chi connectivity index (χ2n) is 4.63. The van der Waals surface area contributed by atoms with Crippen molar-refractivity contribution in [3.63, 3.8) is 0 Å². The van der Waals surface area contributed by atoms with E-state index in [1.54, 1.807) is 27.7 Å². The third-order valence-corrected chi connectivity index (χ3v) is 1.96. The van der Waals surface area contributed by atoms with Crippen LogP contribution in [0, 0.1) is 6.92 Å². The minimum atomic E-state index is -0.730. The van der Waals surface area contributed by atoms with Crippen molar-refractivity contribution < 1.29 is 19.7 Å². The van der Waals surface area contributed by atoms with E-state index in [-0.39, 0.29) is 17.1 Å². The van der Waals surface area contributed by atoms with Crippen LogP contribution in [-0.2, 0) is 4.74 Å². The summed E-state index contributed by atoms with van der Waals surface area (Å²) < 4.78 is 5.08. The monoisotopic (exact) mass is 224 g/mol. The maximum atomic E-state index is 11.7. The average molecular weight is 224 g/mol. The number of aromatic hydroxyl groups is 2. The van der Waals surface area contributed by atoms with E-state index in [2.05, 4.69) is 0 Å². The van der Waals surface area contributed by atoms with Gasteiger partial charge in [0.1, 0.15) is 22.7 Å². The van der Waals surface area contributed by atoms with Crippen molar-refractivity contribution in [1.82, 2.24) is 0 Å². The Hall–Kier alpha value is -1.71. The molecule has 0 atom stereocenters. The van der Waals surface area contributed by atoms with Gasteiger partial charge in [-0.15, -0.1) is 0 Å². The lowest BCUT2D eigenvalue weighted by Crippen LogP contribution is -2.24. The summed E-state index contributed by atoms with van der Waals surface area (Å²) in [5, 5.41) is 19.2. The van der Waals surface area contributed by atoms with Crippen LogP contribution >= 0.6 is 0 Å². The summed E-state index contributed by atoms with van der Waals surface area (Å²) in [6.07, 6.45) is 0. The van der Waals surface area contributed by atoms with Crippen LogP contribution in [-0.4, -0.2) is 21.8 Å². The Morgan fingerprint density at radius 3 is 2.31 bits per heavy atom. The van der Waals surface area contributed by atoms with E-state index in [9.17, 15) is 15.0 Å². The summed E-state index contributed by atoms with van der Waals surface area (Å²) in [5.74, 6) is -1.25. The van der Waals surface area contributed by atoms with Crippen LogP contribution in [0.25, 0.3) is 0 Å². The predicted octanol–water partition coefficient (Wildman–Crippen LogP) is 2.36. The van der Waals surface area contributed by atoms with Crippen molar-refractivity contribution in [2.45, 2.75) is 33.3 Å². The number of phenols is 2. The molecule has 0 aliphatic heterocycles. The Balaban J connectivity index is 3.14. The molecule has 0 fully saturated rings. The average Bonchev–Trinajstić information content (AvgIpc) is 2.09. The predicted molar refractivity (Wildman–Crippen MR) is 59.7 cm³/mol. The van der Waals surface area contributed by atoms with Gasteiger partial charge in [0.2, 0.25) is 0 Å². The van der Waals surface area contributed by atoms with Gasteiger partial charge in [0, 0.05) is 0 Å². The fourth-order valence-electron chi connectivity index (χ4n) is 1.22. The molecule has 0 radical (unpaired) electrons. The molecule has 4 heteroatoms. The van der Waals surface area contributed by atoms with E-state index in [1.807, 2.05) is 0 Å². The van der Waals surface area contributed by atoms with Gasteiger partial charge in [0.05, 0.1) is 0 Å². The highest BCUT2D eigenvalue weighted by atomic mass is 16.6. The molecule has 0 spiro atoms. The number of aryl methyl sites for hydroxylation is 1. The first-order valence-corrected chi connectivity index (χ1v) is 4.97. The molecule has 88 valence electrons. The third kappa shape index (κ3) is 2.66. The summed E-state index contributed by atoms with van der Waals surface area (Å²) >= 11 is 0. The molecule has 16 heavy (non-hydrogen) atoms. The summed E-state index contributed by atoms with van der Waals surface area (Å²) in [6, 6.07) is 2.88. The standard InChI is InChI=1S/C12H16O4/c1-7-5-6-8(13)9(10(7)14)11(15)16-12(2,3)4/h5-6,13-14H,1-4H3. The lowest BCUT2D eigenvalue weighted by Gasteiger charge is -2.20. The second-order valence-corrected chi connectivity index (χ2v) is 4.63. The van der Waals surface area contributed by atoms with Gasteiger partial charge in [0.25, 0.3) is 0 Å². The van der Waals surface area contributed by atoms with Gasteiger partial charge < -0.3 is 14.9 Å². The van der Waals surface area contributed by atoms with Gasteiger partial charge in [-0.2, -0.15) is 0 Å². The van der Waals surface area contributed by atoms with Crippen LogP contribution in [0.5, 0.6) is 11.5 Å². The summed E-state index contributed by atoms with van der Waals surface area (Å²) in [7, 11) is 0. The van der Waals surface area contributed by atoms with Crippen LogP contribution < -0.4 is 0 Å². The fourth-order valence-corrected chi connectivity index (χ4v) is 1.22. The molecule has 0 heterocycles. The van der Waals surface area contributed by atoms with Crippen molar-refractivity contribution in [3.8, 4) is 11.5 Å². The SMILES string of the molecule is Cc1ccc(O)c(C(=O)OC(C)(C)C)c1O. The van der Waals surface area contributed by atoms with E-state index >= 15 is 0 Å². The first-order valence-electron chi connectivity index (χ1n) is 4.97. The maximum absolute atomic E-state index is 11.7. The Morgan fingerprint density at radius 1 is 1.25 bits per heavy atom. The van der Waals surface area contributed by atoms with Crippen molar-refractivity contribution in [1.29, 1.82) is 0 Å². The Kier molecular flexibility index (Phi) is 3.12. The van der Waals surface area contributed by atoms with Gasteiger partial charge in [0.15, 0.2) is 0 Å². The van der Waals surface area contributed by atoms with Crippen LogP contribution in [0.3, 0.4) is 0 Å². The molecule has 0 unspecified atom stereocenters. The Bertz CT molecular complexity index is 416. The smallest absolute Gasteiger partial charge is 0.346 e. The Morgan fingerprint density at radius 2 is 1.81 bits per heavy atom. The molecule has 1 aromatic rings. The molecule has 0 saturated carbocycles. The van der Waals surface area contributed by atoms with E-state index in [0.717, 1.165) is 0 Å². The van der Waals surface area contributed by atoms with E-state index in [1.165, 1.54) is 12.1 Å². The first kappa shape index (κ1) is 12.4. The zero-order valence-electron chi connectivity index (χ0n) is 9.87. The van der Waals surface area contributed by atoms with Crippen molar-refractivity contribution in [3.05, 3.63) is 23.3 Å². The van der Waals surface area contributed by atoms with Crippen LogP contribution in [0.1, 0.15) is 36.7 Å². The highest BCUT2D eigenvalue weighted by Gasteiger charge is 2.24. The number of benzene rings is 1. The highest BCUT2D eigenvalue weighted by Crippen LogP contribution is 2.31. The number of hydrogen-bond donors (Lipinski definition) is 2. The molecule has 0 aliphatic rings. The summed E-state index contributed by atoms with van der Waals surface area (Å²) in [6.45, 7) is 6.79. The molecule has 0 aliphatic carbocycles. The van der Waals surface area contributed by atoms with Gasteiger partial charge in [-0.25, -0.2) is 4.79 Å². The molecule has 0 amide bonds. The molecule has 2 N–H and O–H groups in total. The zero-order valence-corrected chi connectivity index (χ0v) is 9.87. The molecule has 1 aromatic carbocycles. The third-order valence-electron chi connectivity index (χ3n) is 1.96. The molecule has 4 nitrogen and oxygen atoms in total. The van der Waals surface area contributed by atoms with Gasteiger partial charge in [-0.05, 0) is 39.3 Å². The second kappa shape index (κ2) is 4.04. The number of carbonyl (C=O) groups is 1. The number of esters is 1. The first-order chi connectivity index (χ1) is 7.22. The zero-order chi connectivity index (χ0) is 12.5. The number of carbonyl (C=O) groups excluding carboxylic acids is 1. The summed E-state index contributed by atoms with van der Waals surface area (Å²) in [5.41, 5.74) is -0.340. The topological polar surface area (TPSA) is 66.8 Å². The highest BCUT2D eigenvalue weighted by molar-refractivity contribution is 5.96. The number of ether oxygens (including phenoxy) is 1. The minimum Gasteiger partial charge on any atom is -0.507 e. The van der Waals surface area contributed by atoms with Gasteiger partial charge in [-0.1, -0.05) is 6.07 Å². The van der Waals surface area contributed by atoms with Crippen LogP contribution in [0.2, 0.25) is 0 Å². The largest absolute Gasteiger partial charge is 0.507 e. The van der Waals surface area contributed by atoms with E-state index in [4.69, 9.17) is 4.74 Å². The molecule has 0 saturated heterocycles. The number of rotatable bonds is 1. The van der Waals surface area contributed by atoms with E-state index < -0.39 is 11.6 Å². The molecule has 0 aromatic heterocycles. The molecule has 1 rings (SSSR count). The van der Waals surface area contributed by atoms with Crippen molar-refractivity contribution in [2.24, 2.45) is 0 Å². The number of hydrogen-bond acceptors (Lipinski definition) is 4. The minimum absolute atomic E-state index is 0.185. The quantitative estimate of drug-likeness (QED) is 0.718. The molecular formula is C12H16O4. The number of phenolic OH excluding ortho intramolecular Hbond substituents is 2. The van der Waals surface area contributed by atoms with Gasteiger partial charge >= 0.3 is 5.97 Å². The van der Waals surface area contributed by atoms with Gasteiger partial charge in [-0.3, -0.25) is 0 Å². The lowest BCUT2D eigenvalue weighted by molar-refractivity contribution is 0.00638. The van der Waals surface area contributed by atoms with Crippen LogP contribution in [0.4, 0.5) is 0 Å².